The van der Waals surface area contributed by atoms with Gasteiger partial charge in [0.25, 0.3) is 0 Å². The topological polar surface area (TPSA) is 75.3 Å². The van der Waals surface area contributed by atoms with Crippen molar-refractivity contribution in [1.82, 2.24) is 4.72 Å². The Bertz CT molecular complexity index is 950. The molecule has 0 saturated heterocycles. The molecule has 5 nitrogen and oxygen atoms in total. The van der Waals surface area contributed by atoms with Crippen molar-refractivity contribution in [3.8, 4) is 0 Å². The van der Waals surface area contributed by atoms with Crippen LogP contribution in [0.5, 0.6) is 0 Å². The quantitative estimate of drug-likeness (QED) is 0.731. The summed E-state index contributed by atoms with van der Waals surface area (Å²) in [5.74, 6) is 0.0661. The number of sulfonamides is 1. The lowest BCUT2D eigenvalue weighted by atomic mass is 9.95. The van der Waals surface area contributed by atoms with Gasteiger partial charge in [0.05, 0.1) is 4.90 Å². The van der Waals surface area contributed by atoms with E-state index in [-0.39, 0.29) is 22.8 Å². The minimum Gasteiger partial charge on any atom is -0.326 e. The maximum absolute atomic E-state index is 13.0. The molecule has 2 aromatic rings. The molecule has 1 aliphatic heterocycles. The summed E-state index contributed by atoms with van der Waals surface area (Å²) in [6.45, 7) is 6.16. The fourth-order valence-corrected chi connectivity index (χ4v) is 4.95. The number of rotatable bonds is 7. The van der Waals surface area contributed by atoms with Gasteiger partial charge in [0.1, 0.15) is 0 Å². The van der Waals surface area contributed by atoms with Crippen LogP contribution in [0.25, 0.3) is 0 Å². The second-order valence-electron chi connectivity index (χ2n) is 7.70. The summed E-state index contributed by atoms with van der Waals surface area (Å²) in [7, 11) is -3.68. The van der Waals surface area contributed by atoms with Crippen molar-refractivity contribution in [3.05, 3.63) is 59.2 Å². The van der Waals surface area contributed by atoms with Gasteiger partial charge in [0, 0.05) is 18.2 Å². The van der Waals surface area contributed by atoms with Gasteiger partial charge >= 0.3 is 0 Å². The highest BCUT2D eigenvalue weighted by atomic mass is 32.2. The molecule has 3 rings (SSSR count). The molecule has 6 heteroatoms. The van der Waals surface area contributed by atoms with Crippen molar-refractivity contribution in [1.29, 1.82) is 0 Å². The van der Waals surface area contributed by atoms with Crippen molar-refractivity contribution >= 4 is 21.6 Å². The predicted molar refractivity (Wildman–Crippen MR) is 112 cm³/mol. The van der Waals surface area contributed by atoms with Crippen LogP contribution in [0.1, 0.15) is 56.3 Å². The molecule has 0 radical (unpaired) electrons. The summed E-state index contributed by atoms with van der Waals surface area (Å²) >= 11 is 0. The SMILES string of the molecule is CCCc1ccc([C@H](NS(=O)(=O)c2ccc3c(c2)CCC(=O)N3)C(C)C)cc1. The summed E-state index contributed by atoms with van der Waals surface area (Å²) in [6.07, 6.45) is 3.03. The third kappa shape index (κ3) is 4.62. The van der Waals surface area contributed by atoms with E-state index in [0.29, 0.717) is 18.5 Å². The van der Waals surface area contributed by atoms with Crippen LogP contribution in [0.3, 0.4) is 0 Å². The lowest BCUT2D eigenvalue weighted by Gasteiger charge is -2.24. The molecule has 0 aliphatic carbocycles. The lowest BCUT2D eigenvalue weighted by molar-refractivity contribution is -0.116. The van der Waals surface area contributed by atoms with Gasteiger partial charge in [-0.2, -0.15) is 0 Å². The fourth-order valence-electron chi connectivity index (χ4n) is 3.53. The van der Waals surface area contributed by atoms with Gasteiger partial charge in [0.15, 0.2) is 0 Å². The van der Waals surface area contributed by atoms with E-state index in [2.05, 4.69) is 29.1 Å². The molecule has 1 amide bonds. The van der Waals surface area contributed by atoms with E-state index in [1.54, 1.807) is 18.2 Å². The average Bonchev–Trinajstić information content (AvgIpc) is 2.66. The van der Waals surface area contributed by atoms with Crippen molar-refractivity contribution in [3.63, 3.8) is 0 Å². The number of hydrogen-bond donors (Lipinski definition) is 2. The number of carbonyl (C=O) groups is 1. The van der Waals surface area contributed by atoms with Crippen LogP contribution in [0.4, 0.5) is 5.69 Å². The van der Waals surface area contributed by atoms with Crippen molar-refractivity contribution in [2.24, 2.45) is 5.92 Å². The largest absolute Gasteiger partial charge is 0.326 e. The summed E-state index contributed by atoms with van der Waals surface area (Å²) < 4.78 is 29.0. The molecule has 1 heterocycles. The fraction of sp³-hybridized carbons (Fsp3) is 0.409. The van der Waals surface area contributed by atoms with Gasteiger partial charge in [-0.1, -0.05) is 51.5 Å². The summed E-state index contributed by atoms with van der Waals surface area (Å²) in [6, 6.07) is 12.8. The number of aryl methyl sites for hydroxylation is 2. The Morgan fingerprint density at radius 2 is 1.79 bits per heavy atom. The number of amides is 1. The highest BCUT2D eigenvalue weighted by Crippen LogP contribution is 2.28. The van der Waals surface area contributed by atoms with Gasteiger partial charge in [-0.05, 0) is 53.6 Å². The molecule has 1 atom stereocenters. The van der Waals surface area contributed by atoms with Gasteiger partial charge in [-0.3, -0.25) is 4.79 Å². The van der Waals surface area contributed by atoms with Crippen LogP contribution >= 0.6 is 0 Å². The maximum atomic E-state index is 13.0. The number of benzene rings is 2. The molecule has 0 spiro atoms. The first-order valence-electron chi connectivity index (χ1n) is 9.84. The molecule has 0 unspecified atom stereocenters. The van der Waals surface area contributed by atoms with Gasteiger partial charge in [-0.15, -0.1) is 0 Å². The first-order chi connectivity index (χ1) is 13.3. The second-order valence-corrected chi connectivity index (χ2v) is 9.42. The Balaban J connectivity index is 1.85. The third-order valence-corrected chi connectivity index (χ3v) is 6.55. The zero-order valence-corrected chi connectivity index (χ0v) is 17.5. The third-order valence-electron chi connectivity index (χ3n) is 5.11. The summed E-state index contributed by atoms with van der Waals surface area (Å²) in [5, 5.41) is 2.78. The predicted octanol–water partition coefficient (Wildman–Crippen LogP) is 4.20. The Labute approximate surface area is 167 Å². The van der Waals surface area contributed by atoms with Crippen LogP contribution in [-0.4, -0.2) is 14.3 Å². The maximum Gasteiger partial charge on any atom is 0.241 e. The van der Waals surface area contributed by atoms with E-state index >= 15 is 0 Å². The standard InChI is InChI=1S/C22H28N2O3S/c1-4-5-16-6-8-17(9-7-16)22(15(2)3)24-28(26,27)19-11-12-20-18(14-19)10-13-21(25)23-20/h6-9,11-12,14-15,22,24H,4-5,10,13H2,1-3H3,(H,23,25)/t22-/m1/s1. The van der Waals surface area contributed by atoms with Gasteiger partial charge in [-0.25, -0.2) is 13.1 Å². The van der Waals surface area contributed by atoms with E-state index in [0.717, 1.165) is 24.0 Å². The van der Waals surface area contributed by atoms with E-state index in [1.807, 2.05) is 26.0 Å². The molecular weight excluding hydrogens is 372 g/mol. The monoisotopic (exact) mass is 400 g/mol. The Hall–Kier alpha value is -2.18. The number of fused-ring (bicyclic) bond motifs is 1. The number of carbonyl (C=O) groups excluding carboxylic acids is 1. The zero-order valence-electron chi connectivity index (χ0n) is 16.7. The second kappa shape index (κ2) is 8.45. The number of hydrogen-bond acceptors (Lipinski definition) is 3. The molecule has 0 fully saturated rings. The average molecular weight is 401 g/mol. The van der Waals surface area contributed by atoms with Crippen molar-refractivity contribution in [2.75, 3.05) is 5.32 Å². The van der Waals surface area contributed by atoms with E-state index in [9.17, 15) is 13.2 Å². The van der Waals surface area contributed by atoms with Crippen LogP contribution in [0.2, 0.25) is 0 Å². The molecule has 2 N–H and O–H groups in total. The minimum atomic E-state index is -3.68. The molecule has 0 aromatic heterocycles. The Morgan fingerprint density at radius 3 is 2.43 bits per heavy atom. The van der Waals surface area contributed by atoms with Crippen molar-refractivity contribution in [2.45, 2.75) is 57.4 Å². The smallest absolute Gasteiger partial charge is 0.241 e. The highest BCUT2D eigenvalue weighted by Gasteiger charge is 2.25. The van der Waals surface area contributed by atoms with Gasteiger partial charge in [0.2, 0.25) is 15.9 Å². The zero-order chi connectivity index (χ0) is 20.3. The Kier molecular flexibility index (Phi) is 6.20. The summed E-state index contributed by atoms with van der Waals surface area (Å²) in [4.78, 5) is 11.7. The van der Waals surface area contributed by atoms with Crippen LogP contribution in [-0.2, 0) is 27.7 Å². The van der Waals surface area contributed by atoms with E-state index in [1.165, 1.54) is 5.56 Å². The van der Waals surface area contributed by atoms with E-state index in [4.69, 9.17) is 0 Å². The Morgan fingerprint density at radius 1 is 1.07 bits per heavy atom. The molecule has 0 saturated carbocycles. The first kappa shape index (κ1) is 20.6. The molecule has 28 heavy (non-hydrogen) atoms. The van der Waals surface area contributed by atoms with Gasteiger partial charge < -0.3 is 5.32 Å². The molecule has 2 aromatic carbocycles. The van der Waals surface area contributed by atoms with Crippen LogP contribution in [0, 0.1) is 5.92 Å². The molecule has 0 bridgehead atoms. The minimum absolute atomic E-state index is 0.0346. The van der Waals surface area contributed by atoms with E-state index < -0.39 is 10.0 Å². The molecule has 1 aliphatic rings. The number of anilines is 1. The summed E-state index contributed by atoms with van der Waals surface area (Å²) in [5.41, 5.74) is 3.77. The molecule has 150 valence electrons. The molecular formula is C22H28N2O3S. The van der Waals surface area contributed by atoms with Crippen LogP contribution in [0.15, 0.2) is 47.4 Å². The number of nitrogens with one attached hydrogen (secondary N) is 2. The van der Waals surface area contributed by atoms with Crippen molar-refractivity contribution < 1.29 is 13.2 Å². The first-order valence-corrected chi connectivity index (χ1v) is 11.3. The highest BCUT2D eigenvalue weighted by molar-refractivity contribution is 7.89. The lowest BCUT2D eigenvalue weighted by Crippen LogP contribution is -2.32. The van der Waals surface area contributed by atoms with Crippen LogP contribution < -0.4 is 10.0 Å². The normalized spacial score (nSPS) is 15.2.